The molecule has 0 aromatic rings. The van der Waals surface area contributed by atoms with Crippen molar-refractivity contribution in [3.63, 3.8) is 0 Å². The van der Waals surface area contributed by atoms with Crippen LogP contribution in [0.3, 0.4) is 0 Å². The Labute approximate surface area is 196 Å². The molecule has 0 aromatic heterocycles. The maximum atomic E-state index is 5.23. The van der Waals surface area contributed by atoms with Crippen LogP contribution in [-0.4, -0.2) is 121 Å². The molecule has 32 heavy (non-hydrogen) atoms. The van der Waals surface area contributed by atoms with Gasteiger partial charge in [-0.25, -0.2) is 0 Å². The van der Waals surface area contributed by atoms with Gasteiger partial charge < -0.3 is 53.1 Å². The summed E-state index contributed by atoms with van der Waals surface area (Å²) in [5, 5.41) is 0. The van der Waals surface area contributed by atoms with Gasteiger partial charge in [0, 0.05) is 85.3 Å². The molecule has 0 spiro atoms. The lowest BCUT2D eigenvalue weighted by molar-refractivity contribution is 0.132. The number of hydrogen-bond acceptors (Lipinski definition) is 12. The van der Waals surface area contributed by atoms with E-state index in [2.05, 4.69) is 0 Å². The topological polar surface area (TPSA) is 111 Å². The molecule has 0 N–H and O–H groups in total. The molecule has 0 fully saturated rings. The van der Waals surface area contributed by atoms with Crippen molar-refractivity contribution in [2.24, 2.45) is 0 Å². The van der Waals surface area contributed by atoms with Gasteiger partial charge in [-0.3, -0.25) is 0 Å². The van der Waals surface area contributed by atoms with Gasteiger partial charge in [-0.1, -0.05) is 0 Å². The van der Waals surface area contributed by atoms with Crippen LogP contribution in [0.4, 0.5) is 0 Å². The molecular weight excluding hydrogens is 497 g/mol. The van der Waals surface area contributed by atoms with E-state index in [1.54, 1.807) is 22.8 Å². The smallest absolute Gasteiger partial charge is 0.374 e. The molecule has 0 aliphatic carbocycles. The summed E-state index contributed by atoms with van der Waals surface area (Å²) in [6, 6.07) is 0. The van der Waals surface area contributed by atoms with Crippen molar-refractivity contribution < 1.29 is 53.1 Å². The lowest BCUT2D eigenvalue weighted by atomic mass is 11.2. The molecular formula is C16H40O12Si4. The number of hydrogen-bond donors (Lipinski definition) is 0. The van der Waals surface area contributed by atoms with E-state index in [4.69, 9.17) is 53.1 Å². The van der Waals surface area contributed by atoms with Gasteiger partial charge in [0.25, 0.3) is 0 Å². The first-order chi connectivity index (χ1) is 15.1. The van der Waals surface area contributed by atoms with Crippen LogP contribution < -0.4 is 0 Å². The molecule has 0 rings (SSSR count). The Morgan fingerprint density at radius 2 is 0.344 bits per heavy atom. The summed E-state index contributed by atoms with van der Waals surface area (Å²) in [5.41, 5.74) is 6.76. The first-order valence-electron chi connectivity index (χ1n) is 9.17. The van der Waals surface area contributed by atoms with Crippen LogP contribution in [0.25, 0.3) is 0 Å². The minimum absolute atomic E-state index is 1.53. The Kier molecular flexibility index (Phi) is 18.4. The van der Waals surface area contributed by atoms with Gasteiger partial charge in [0.15, 0.2) is 0 Å². The highest BCUT2D eigenvalue weighted by molar-refractivity contribution is 6.72. The second-order valence-electron chi connectivity index (χ2n) is 5.53. The van der Waals surface area contributed by atoms with E-state index in [9.17, 15) is 0 Å². The van der Waals surface area contributed by atoms with E-state index in [0.29, 0.717) is 0 Å². The Morgan fingerprint density at radius 1 is 0.250 bits per heavy atom. The molecule has 0 amide bonds. The molecule has 0 saturated heterocycles. The van der Waals surface area contributed by atoms with E-state index < -0.39 is 35.2 Å². The van der Waals surface area contributed by atoms with Gasteiger partial charge in [0.2, 0.25) is 0 Å². The van der Waals surface area contributed by atoms with Crippen LogP contribution >= 0.6 is 0 Å². The minimum atomic E-state index is -2.76. The second kappa shape index (κ2) is 17.3. The third-order valence-electron chi connectivity index (χ3n) is 4.40. The zero-order chi connectivity index (χ0) is 25.3. The molecule has 0 radical (unpaired) electrons. The number of rotatable bonds is 16. The summed E-state index contributed by atoms with van der Waals surface area (Å²) in [4.78, 5) is 0. The summed E-state index contributed by atoms with van der Waals surface area (Å²) in [7, 11) is 7.28. The van der Waals surface area contributed by atoms with Gasteiger partial charge in [0.05, 0.1) is 0 Å². The zero-order valence-electron chi connectivity index (χ0n) is 21.2. The van der Waals surface area contributed by atoms with Gasteiger partial charge in [-0.2, -0.15) is 0 Å². The Balaban J connectivity index is 0. The van der Waals surface area contributed by atoms with E-state index >= 15 is 0 Å². The van der Waals surface area contributed by atoms with Crippen molar-refractivity contribution in [1.82, 2.24) is 0 Å². The molecule has 0 bridgehead atoms. The second-order valence-corrected chi connectivity index (χ2v) is 16.6. The van der Waals surface area contributed by atoms with Crippen LogP contribution in [-0.2, 0) is 53.1 Å². The molecule has 0 heterocycles. The SMILES string of the molecule is CO[Si](C=C[Si](OC)(OC)OC)(OC)OC.CO[Si](C=C[Si](OC)(OC)OC)(OC)OC. The first-order valence-corrected chi connectivity index (χ1v) is 16.4. The van der Waals surface area contributed by atoms with Crippen LogP contribution in [0.5, 0.6) is 0 Å². The monoisotopic (exact) mass is 536 g/mol. The van der Waals surface area contributed by atoms with E-state index in [1.807, 2.05) is 0 Å². The summed E-state index contributed by atoms with van der Waals surface area (Å²) < 4.78 is 62.7. The van der Waals surface area contributed by atoms with Gasteiger partial charge in [0.1, 0.15) is 0 Å². The van der Waals surface area contributed by atoms with Crippen LogP contribution in [0.1, 0.15) is 0 Å². The summed E-state index contributed by atoms with van der Waals surface area (Å²) in [6.45, 7) is 0. The standard InChI is InChI=1S/2C8H20O6Si2/c2*1-9-15(10-2,11-3)7-8-16(12-4,13-5)14-6/h2*7-8H,1-6H3. The minimum Gasteiger partial charge on any atom is -0.374 e. The quantitative estimate of drug-likeness (QED) is 0.260. The molecule has 0 aliphatic rings. The van der Waals surface area contributed by atoms with Crippen molar-refractivity contribution in [2.45, 2.75) is 0 Å². The van der Waals surface area contributed by atoms with Gasteiger partial charge in [-0.05, 0) is 22.8 Å². The Hall–Kier alpha value is -0.132. The Bertz CT molecular complexity index is 398. The predicted octanol–water partition coefficient (Wildman–Crippen LogP) is 0.754. The largest absolute Gasteiger partial charge is 0.528 e. The van der Waals surface area contributed by atoms with E-state index in [0.717, 1.165) is 0 Å². The van der Waals surface area contributed by atoms with Crippen molar-refractivity contribution in [1.29, 1.82) is 0 Å². The highest BCUT2D eigenvalue weighted by Crippen LogP contribution is 2.14. The van der Waals surface area contributed by atoms with Gasteiger partial charge in [-0.15, -0.1) is 0 Å². The predicted molar refractivity (Wildman–Crippen MR) is 125 cm³/mol. The maximum Gasteiger partial charge on any atom is 0.528 e. The maximum absolute atomic E-state index is 5.23. The molecule has 0 aromatic carbocycles. The van der Waals surface area contributed by atoms with Crippen LogP contribution in [0, 0.1) is 0 Å². The van der Waals surface area contributed by atoms with Crippen molar-refractivity contribution in [2.75, 3.05) is 85.3 Å². The van der Waals surface area contributed by atoms with Crippen molar-refractivity contribution >= 4 is 35.2 Å². The zero-order valence-corrected chi connectivity index (χ0v) is 25.2. The molecule has 0 saturated carbocycles. The highest BCUT2D eigenvalue weighted by Gasteiger charge is 2.41. The molecule has 0 aliphatic heterocycles. The van der Waals surface area contributed by atoms with E-state index in [1.165, 1.54) is 85.3 Å². The third kappa shape index (κ3) is 10.0. The molecule has 16 heteroatoms. The highest BCUT2D eigenvalue weighted by atomic mass is 28.4. The lowest BCUT2D eigenvalue weighted by Gasteiger charge is -2.24. The molecule has 192 valence electrons. The van der Waals surface area contributed by atoms with Crippen LogP contribution in [0.15, 0.2) is 22.8 Å². The molecule has 0 unspecified atom stereocenters. The first kappa shape index (κ1) is 34.0. The van der Waals surface area contributed by atoms with Gasteiger partial charge >= 0.3 is 35.2 Å². The lowest BCUT2D eigenvalue weighted by Crippen LogP contribution is -2.45. The van der Waals surface area contributed by atoms with Crippen LogP contribution in [0.2, 0.25) is 0 Å². The Morgan fingerprint density at radius 3 is 0.406 bits per heavy atom. The summed E-state index contributed by atoms with van der Waals surface area (Å²) >= 11 is 0. The average Bonchev–Trinajstić information content (AvgIpc) is 2.87. The fraction of sp³-hybridized carbons (Fsp3) is 0.750. The average molecular weight is 537 g/mol. The van der Waals surface area contributed by atoms with Crippen molar-refractivity contribution in [3.05, 3.63) is 22.8 Å². The van der Waals surface area contributed by atoms with E-state index in [-0.39, 0.29) is 0 Å². The van der Waals surface area contributed by atoms with Crippen molar-refractivity contribution in [3.8, 4) is 0 Å². The molecule has 0 atom stereocenters. The summed E-state index contributed by atoms with van der Waals surface area (Å²) in [5.74, 6) is 0. The third-order valence-corrected chi connectivity index (χ3v) is 14.2. The fourth-order valence-corrected chi connectivity index (χ4v) is 9.12. The molecule has 12 nitrogen and oxygen atoms in total. The normalized spacial score (nSPS) is 13.6. The fourth-order valence-electron chi connectivity index (χ4n) is 2.22. The summed E-state index contributed by atoms with van der Waals surface area (Å²) in [6.07, 6.45) is 0.